The first-order chi connectivity index (χ1) is 6.83. The maximum atomic E-state index is 9.34. The van der Waals surface area contributed by atoms with Crippen molar-refractivity contribution in [3.63, 3.8) is 0 Å². The Bertz CT molecular complexity index is 141. The van der Waals surface area contributed by atoms with E-state index in [0.717, 1.165) is 25.9 Å². The highest BCUT2D eigenvalue weighted by atomic mass is 16.5. The highest BCUT2D eigenvalue weighted by molar-refractivity contribution is 4.83. The first-order valence-corrected chi connectivity index (χ1v) is 5.50. The summed E-state index contributed by atoms with van der Waals surface area (Å²) in [6.45, 7) is 2.40. The third kappa shape index (κ3) is 3.56. The number of aliphatic hydroxyl groups excluding tert-OH is 1. The smallest absolute Gasteiger partial charge is 0.0700 e. The molecule has 1 aliphatic rings. The van der Waals surface area contributed by atoms with Crippen LogP contribution in [-0.4, -0.2) is 38.6 Å². The second-order valence-electron chi connectivity index (χ2n) is 4.22. The zero-order valence-electron chi connectivity index (χ0n) is 9.13. The van der Waals surface area contributed by atoms with Gasteiger partial charge in [-0.25, -0.2) is 0 Å². The van der Waals surface area contributed by atoms with E-state index in [1.54, 1.807) is 7.11 Å². The van der Waals surface area contributed by atoms with Crippen molar-refractivity contribution < 1.29 is 14.6 Å². The molecule has 0 atom stereocenters. The maximum Gasteiger partial charge on any atom is 0.0700 e. The summed E-state index contributed by atoms with van der Waals surface area (Å²) in [6.07, 6.45) is 5.85. The van der Waals surface area contributed by atoms with Crippen LogP contribution in [-0.2, 0) is 9.47 Å². The highest BCUT2D eigenvalue weighted by Crippen LogP contribution is 2.40. The first kappa shape index (κ1) is 12.0. The predicted octanol–water partition coefficient (Wildman–Crippen LogP) is 1.59. The van der Waals surface area contributed by atoms with Crippen LogP contribution in [0.4, 0.5) is 0 Å². The van der Waals surface area contributed by atoms with Gasteiger partial charge in [0.2, 0.25) is 0 Å². The molecule has 0 aliphatic heterocycles. The molecule has 0 amide bonds. The minimum atomic E-state index is 0.174. The van der Waals surface area contributed by atoms with Crippen molar-refractivity contribution in [1.82, 2.24) is 0 Å². The van der Waals surface area contributed by atoms with Crippen LogP contribution in [0.2, 0.25) is 0 Å². The van der Waals surface area contributed by atoms with Crippen LogP contribution in [0.5, 0.6) is 0 Å². The molecule has 1 saturated carbocycles. The SMILES string of the molecule is COCCOCCC1(CO)CCCC1. The van der Waals surface area contributed by atoms with Crippen molar-refractivity contribution in [3.8, 4) is 0 Å². The second-order valence-corrected chi connectivity index (χ2v) is 4.22. The molecule has 1 aliphatic carbocycles. The van der Waals surface area contributed by atoms with E-state index in [-0.39, 0.29) is 5.41 Å². The Morgan fingerprint density at radius 3 is 2.43 bits per heavy atom. The predicted molar refractivity (Wildman–Crippen MR) is 55.3 cm³/mol. The number of ether oxygens (including phenoxy) is 2. The van der Waals surface area contributed by atoms with Gasteiger partial charge in [0.15, 0.2) is 0 Å². The minimum absolute atomic E-state index is 0.174. The molecule has 84 valence electrons. The molecule has 0 bridgehead atoms. The van der Waals surface area contributed by atoms with Gasteiger partial charge in [-0.15, -0.1) is 0 Å². The molecule has 0 spiro atoms. The molecule has 14 heavy (non-hydrogen) atoms. The van der Waals surface area contributed by atoms with Gasteiger partial charge in [0.05, 0.1) is 13.2 Å². The Kier molecular flexibility index (Phi) is 5.45. The summed E-state index contributed by atoms with van der Waals surface area (Å²) in [5.74, 6) is 0. The van der Waals surface area contributed by atoms with Crippen molar-refractivity contribution >= 4 is 0 Å². The monoisotopic (exact) mass is 202 g/mol. The summed E-state index contributed by atoms with van der Waals surface area (Å²) in [4.78, 5) is 0. The third-order valence-electron chi connectivity index (χ3n) is 3.21. The molecule has 1 fully saturated rings. The third-order valence-corrected chi connectivity index (χ3v) is 3.21. The fourth-order valence-corrected chi connectivity index (χ4v) is 2.15. The molecule has 3 nitrogen and oxygen atoms in total. The minimum Gasteiger partial charge on any atom is -0.396 e. The van der Waals surface area contributed by atoms with Crippen molar-refractivity contribution in [1.29, 1.82) is 0 Å². The van der Waals surface area contributed by atoms with Gasteiger partial charge in [0.1, 0.15) is 0 Å². The van der Waals surface area contributed by atoms with Gasteiger partial charge in [-0.1, -0.05) is 12.8 Å². The molecular weight excluding hydrogens is 180 g/mol. The molecule has 1 rings (SSSR count). The van der Waals surface area contributed by atoms with E-state index >= 15 is 0 Å². The molecule has 0 saturated heterocycles. The molecule has 0 aromatic rings. The van der Waals surface area contributed by atoms with Gasteiger partial charge in [0, 0.05) is 20.3 Å². The fourth-order valence-electron chi connectivity index (χ4n) is 2.15. The van der Waals surface area contributed by atoms with Crippen LogP contribution in [0.15, 0.2) is 0 Å². The maximum absolute atomic E-state index is 9.34. The summed E-state index contributed by atoms with van der Waals surface area (Å²) < 4.78 is 10.3. The van der Waals surface area contributed by atoms with Crippen LogP contribution in [0.3, 0.4) is 0 Å². The Labute approximate surface area is 86.4 Å². The van der Waals surface area contributed by atoms with Gasteiger partial charge in [-0.3, -0.25) is 0 Å². The largest absolute Gasteiger partial charge is 0.396 e. The summed E-state index contributed by atoms with van der Waals surface area (Å²) in [6, 6.07) is 0. The summed E-state index contributed by atoms with van der Waals surface area (Å²) >= 11 is 0. The average Bonchev–Trinajstić information content (AvgIpc) is 2.67. The zero-order chi connectivity index (χ0) is 10.3. The van der Waals surface area contributed by atoms with Crippen LogP contribution in [0, 0.1) is 5.41 Å². The summed E-state index contributed by atoms with van der Waals surface area (Å²) in [7, 11) is 1.68. The Balaban J connectivity index is 2.08. The quantitative estimate of drug-likeness (QED) is 0.637. The molecule has 0 aromatic heterocycles. The van der Waals surface area contributed by atoms with Gasteiger partial charge in [-0.05, 0) is 24.7 Å². The molecule has 0 unspecified atom stereocenters. The van der Waals surface area contributed by atoms with Gasteiger partial charge >= 0.3 is 0 Å². The lowest BCUT2D eigenvalue weighted by molar-refractivity contribution is 0.0355. The number of aliphatic hydroxyl groups is 1. The Morgan fingerprint density at radius 1 is 1.14 bits per heavy atom. The lowest BCUT2D eigenvalue weighted by Crippen LogP contribution is -2.23. The van der Waals surface area contributed by atoms with E-state index in [0.29, 0.717) is 19.8 Å². The Hall–Kier alpha value is -0.120. The van der Waals surface area contributed by atoms with Crippen LogP contribution in [0.25, 0.3) is 0 Å². The topological polar surface area (TPSA) is 38.7 Å². The Morgan fingerprint density at radius 2 is 1.86 bits per heavy atom. The van der Waals surface area contributed by atoms with Crippen LogP contribution >= 0.6 is 0 Å². The van der Waals surface area contributed by atoms with Crippen LogP contribution in [0.1, 0.15) is 32.1 Å². The number of methoxy groups -OCH3 is 1. The van der Waals surface area contributed by atoms with Gasteiger partial charge < -0.3 is 14.6 Å². The summed E-state index contributed by atoms with van der Waals surface area (Å²) in [5.41, 5.74) is 0.174. The number of rotatable bonds is 7. The van der Waals surface area contributed by atoms with Crippen LogP contribution < -0.4 is 0 Å². The van der Waals surface area contributed by atoms with Crippen molar-refractivity contribution in [2.24, 2.45) is 5.41 Å². The average molecular weight is 202 g/mol. The van der Waals surface area contributed by atoms with Crippen molar-refractivity contribution in [2.45, 2.75) is 32.1 Å². The lowest BCUT2D eigenvalue weighted by atomic mass is 9.84. The van der Waals surface area contributed by atoms with E-state index in [1.807, 2.05) is 0 Å². The molecule has 0 aromatic carbocycles. The molecular formula is C11H22O3. The van der Waals surface area contributed by atoms with E-state index in [1.165, 1.54) is 12.8 Å². The van der Waals surface area contributed by atoms with Gasteiger partial charge in [0.25, 0.3) is 0 Å². The first-order valence-electron chi connectivity index (χ1n) is 5.50. The number of hydrogen-bond donors (Lipinski definition) is 1. The van der Waals surface area contributed by atoms with E-state index in [2.05, 4.69) is 0 Å². The fraction of sp³-hybridized carbons (Fsp3) is 1.00. The molecule has 0 heterocycles. The standard InChI is InChI=1S/C11H22O3/c1-13-8-9-14-7-6-11(10-12)4-2-3-5-11/h12H,2-10H2,1H3. The van der Waals surface area contributed by atoms with E-state index in [9.17, 15) is 5.11 Å². The molecule has 1 N–H and O–H groups in total. The van der Waals surface area contributed by atoms with Gasteiger partial charge in [-0.2, -0.15) is 0 Å². The number of hydrogen-bond acceptors (Lipinski definition) is 3. The zero-order valence-corrected chi connectivity index (χ0v) is 9.13. The second kappa shape index (κ2) is 6.38. The normalized spacial score (nSPS) is 20.1. The van der Waals surface area contributed by atoms with Crippen molar-refractivity contribution in [3.05, 3.63) is 0 Å². The molecule has 0 radical (unpaired) electrons. The van der Waals surface area contributed by atoms with Crippen molar-refractivity contribution in [2.75, 3.05) is 33.5 Å². The molecule has 3 heteroatoms. The summed E-state index contributed by atoms with van der Waals surface area (Å²) in [5, 5.41) is 9.34. The van der Waals surface area contributed by atoms with E-state index < -0.39 is 0 Å². The van der Waals surface area contributed by atoms with E-state index in [4.69, 9.17) is 9.47 Å². The lowest BCUT2D eigenvalue weighted by Gasteiger charge is -2.25. The highest BCUT2D eigenvalue weighted by Gasteiger charge is 2.32.